The van der Waals surface area contributed by atoms with Gasteiger partial charge in [-0.1, -0.05) is 0 Å². The summed E-state index contributed by atoms with van der Waals surface area (Å²) in [5.74, 6) is 0. The Kier molecular flexibility index (Phi) is 1.95. The average molecular weight is 195 g/mol. The molecule has 0 spiro atoms. The molecule has 0 bridgehead atoms. The van der Waals surface area contributed by atoms with E-state index in [0.717, 1.165) is 10.7 Å². The van der Waals surface area contributed by atoms with Crippen molar-refractivity contribution in [3.63, 3.8) is 0 Å². The number of fused-ring (bicyclic) bond motifs is 1. The van der Waals surface area contributed by atoms with Gasteiger partial charge in [0.25, 0.3) is 0 Å². The molecule has 0 radical (unpaired) electrons. The molecule has 0 saturated heterocycles. The minimum Gasteiger partial charge on any atom is -0.268 e. The molecule has 1 atom stereocenters. The van der Waals surface area contributed by atoms with Crippen LogP contribution in [0.5, 0.6) is 0 Å². The first-order chi connectivity index (χ1) is 6.22. The Balaban J connectivity index is 2.65. The first-order valence-electron chi connectivity index (χ1n) is 3.93. The van der Waals surface area contributed by atoms with Crippen LogP contribution < -0.4 is 5.69 Å². The fourth-order valence-electron chi connectivity index (χ4n) is 1.32. The molecule has 0 saturated carbocycles. The summed E-state index contributed by atoms with van der Waals surface area (Å²) in [6.07, 6.45) is 3.51. The second kappa shape index (κ2) is 2.99. The summed E-state index contributed by atoms with van der Waals surface area (Å²) in [7, 11) is 0. The molecule has 0 N–H and O–H groups in total. The van der Waals surface area contributed by atoms with E-state index in [9.17, 15) is 4.79 Å². The van der Waals surface area contributed by atoms with Gasteiger partial charge in [-0.3, -0.25) is 9.56 Å². The number of hydrogen-bond acceptors (Lipinski definition) is 4. The van der Waals surface area contributed by atoms with Gasteiger partial charge < -0.3 is 0 Å². The highest BCUT2D eigenvalue weighted by atomic mass is 32.2. The first-order valence-corrected chi connectivity index (χ1v) is 5.15. The van der Waals surface area contributed by atoms with Gasteiger partial charge in [-0.25, -0.2) is 4.79 Å². The molecular weight excluding hydrogens is 186 g/mol. The number of hydrogen-bond donors (Lipinski definition) is 0. The molecule has 68 valence electrons. The van der Waals surface area contributed by atoms with Crippen LogP contribution in [0, 0.1) is 0 Å². The van der Waals surface area contributed by atoms with E-state index in [1.54, 1.807) is 10.8 Å². The van der Waals surface area contributed by atoms with Gasteiger partial charge in [0.2, 0.25) is 0 Å². The van der Waals surface area contributed by atoms with E-state index in [-0.39, 0.29) is 11.9 Å². The maximum absolute atomic E-state index is 11.5. The van der Waals surface area contributed by atoms with Crippen LogP contribution in [0.25, 0.3) is 0 Å². The molecule has 0 aliphatic carbocycles. The van der Waals surface area contributed by atoms with Crippen molar-refractivity contribution in [3.05, 3.63) is 22.2 Å². The SMILES string of the molecule is CSc1cc2n(c(=O)n1)C(C)N=C2. The Morgan fingerprint density at radius 1 is 1.62 bits per heavy atom. The second-order valence-electron chi connectivity index (χ2n) is 2.79. The van der Waals surface area contributed by atoms with Gasteiger partial charge in [0.1, 0.15) is 11.2 Å². The number of thioether (sulfide) groups is 1. The molecule has 0 fully saturated rings. The highest BCUT2D eigenvalue weighted by Gasteiger charge is 2.15. The van der Waals surface area contributed by atoms with Crippen molar-refractivity contribution in [2.45, 2.75) is 18.1 Å². The summed E-state index contributed by atoms with van der Waals surface area (Å²) in [5.41, 5.74) is 0.628. The van der Waals surface area contributed by atoms with Crippen LogP contribution in [0.15, 0.2) is 20.9 Å². The number of rotatable bonds is 1. The minimum atomic E-state index is -0.216. The molecule has 13 heavy (non-hydrogen) atoms. The van der Waals surface area contributed by atoms with E-state index < -0.39 is 0 Å². The number of aliphatic imine (C=N–C) groups is 1. The smallest absolute Gasteiger partial charge is 0.268 e. The molecule has 1 aromatic heterocycles. The largest absolute Gasteiger partial charge is 0.350 e. The Morgan fingerprint density at radius 3 is 3.08 bits per heavy atom. The third kappa shape index (κ3) is 1.29. The highest BCUT2D eigenvalue weighted by Crippen LogP contribution is 2.17. The van der Waals surface area contributed by atoms with E-state index in [2.05, 4.69) is 9.98 Å². The van der Waals surface area contributed by atoms with Crippen molar-refractivity contribution in [2.75, 3.05) is 6.26 Å². The zero-order valence-electron chi connectivity index (χ0n) is 7.39. The zero-order chi connectivity index (χ0) is 9.42. The fourth-order valence-corrected chi connectivity index (χ4v) is 1.73. The Bertz CT molecular complexity index is 424. The molecule has 0 amide bonds. The van der Waals surface area contributed by atoms with Crippen molar-refractivity contribution in [1.82, 2.24) is 9.55 Å². The molecule has 1 aromatic rings. The molecule has 1 unspecified atom stereocenters. The summed E-state index contributed by atoms with van der Waals surface area (Å²) >= 11 is 1.46. The Morgan fingerprint density at radius 2 is 2.38 bits per heavy atom. The predicted octanol–water partition coefficient (Wildman–Crippen LogP) is 0.916. The van der Waals surface area contributed by atoms with Crippen LogP contribution in [-0.2, 0) is 0 Å². The lowest BCUT2D eigenvalue weighted by Crippen LogP contribution is -2.25. The van der Waals surface area contributed by atoms with Crippen LogP contribution in [0.3, 0.4) is 0 Å². The van der Waals surface area contributed by atoms with Gasteiger partial charge in [-0.2, -0.15) is 4.98 Å². The quantitative estimate of drug-likeness (QED) is 0.494. The van der Waals surface area contributed by atoms with Crippen molar-refractivity contribution < 1.29 is 0 Å². The normalized spacial score (nSPS) is 19.1. The van der Waals surface area contributed by atoms with E-state index in [0.29, 0.717) is 0 Å². The highest BCUT2D eigenvalue weighted by molar-refractivity contribution is 7.98. The number of nitrogens with zero attached hydrogens (tertiary/aromatic N) is 3. The fraction of sp³-hybridized carbons (Fsp3) is 0.375. The third-order valence-corrected chi connectivity index (χ3v) is 2.59. The molecule has 2 heterocycles. The summed E-state index contributed by atoms with van der Waals surface area (Å²) in [4.78, 5) is 19.5. The van der Waals surface area contributed by atoms with Gasteiger partial charge in [-0.05, 0) is 19.2 Å². The van der Waals surface area contributed by atoms with E-state index in [1.807, 2.05) is 19.2 Å². The summed E-state index contributed by atoms with van der Waals surface area (Å²) in [6.45, 7) is 1.87. The molecule has 2 rings (SSSR count). The van der Waals surface area contributed by atoms with Crippen molar-refractivity contribution >= 4 is 18.0 Å². The zero-order valence-corrected chi connectivity index (χ0v) is 8.21. The van der Waals surface area contributed by atoms with Gasteiger partial charge in [0.05, 0.1) is 5.69 Å². The standard InChI is InChI=1S/C8H9N3OS/c1-5-9-4-6-3-7(13-2)10-8(12)11(5)6/h3-5H,1-2H3. The summed E-state index contributed by atoms with van der Waals surface area (Å²) in [6, 6.07) is 1.87. The minimum absolute atomic E-state index is 0.106. The monoisotopic (exact) mass is 195 g/mol. The van der Waals surface area contributed by atoms with Crippen LogP contribution >= 0.6 is 11.8 Å². The Labute approximate surface area is 79.7 Å². The lowest BCUT2D eigenvalue weighted by molar-refractivity contribution is 0.555. The van der Waals surface area contributed by atoms with E-state index in [4.69, 9.17) is 0 Å². The molecule has 1 aliphatic heterocycles. The lowest BCUT2D eigenvalue weighted by atomic mass is 10.4. The third-order valence-electron chi connectivity index (χ3n) is 1.97. The lowest BCUT2D eigenvalue weighted by Gasteiger charge is -2.06. The molecule has 1 aliphatic rings. The van der Waals surface area contributed by atoms with Crippen molar-refractivity contribution in [1.29, 1.82) is 0 Å². The molecular formula is C8H9N3OS. The summed E-state index contributed by atoms with van der Waals surface area (Å²) < 4.78 is 1.58. The second-order valence-corrected chi connectivity index (χ2v) is 3.61. The van der Waals surface area contributed by atoms with Gasteiger partial charge in [0.15, 0.2) is 0 Å². The first kappa shape index (κ1) is 8.50. The van der Waals surface area contributed by atoms with Crippen molar-refractivity contribution in [2.24, 2.45) is 4.99 Å². The topological polar surface area (TPSA) is 47.2 Å². The van der Waals surface area contributed by atoms with E-state index in [1.165, 1.54) is 11.8 Å². The van der Waals surface area contributed by atoms with Crippen LogP contribution in [0.2, 0.25) is 0 Å². The van der Waals surface area contributed by atoms with Crippen LogP contribution in [0.4, 0.5) is 0 Å². The molecule has 4 nitrogen and oxygen atoms in total. The van der Waals surface area contributed by atoms with Gasteiger partial charge in [0, 0.05) is 6.21 Å². The van der Waals surface area contributed by atoms with E-state index >= 15 is 0 Å². The molecule has 0 aromatic carbocycles. The predicted molar refractivity (Wildman–Crippen MR) is 52.6 cm³/mol. The maximum Gasteiger partial charge on any atom is 0.350 e. The molecule has 5 heteroatoms. The summed E-state index contributed by atoms with van der Waals surface area (Å²) in [5, 5.41) is 0.747. The average Bonchev–Trinajstić information content (AvgIpc) is 2.48. The van der Waals surface area contributed by atoms with Gasteiger partial charge in [-0.15, -0.1) is 11.8 Å². The van der Waals surface area contributed by atoms with Crippen LogP contribution in [-0.4, -0.2) is 22.0 Å². The Hall–Kier alpha value is -1.10. The van der Waals surface area contributed by atoms with Crippen molar-refractivity contribution in [3.8, 4) is 0 Å². The maximum atomic E-state index is 11.5. The van der Waals surface area contributed by atoms with Crippen LogP contribution in [0.1, 0.15) is 18.8 Å². The van der Waals surface area contributed by atoms with Gasteiger partial charge >= 0.3 is 5.69 Å². The number of aromatic nitrogens is 2.